The Balaban J connectivity index is 2.24. The van der Waals surface area contributed by atoms with E-state index in [0.29, 0.717) is 6.61 Å². The van der Waals surface area contributed by atoms with Crippen molar-refractivity contribution < 1.29 is 4.74 Å². The van der Waals surface area contributed by atoms with Crippen LogP contribution in [0.15, 0.2) is 35.3 Å². The van der Waals surface area contributed by atoms with Crippen LogP contribution in [0, 0.1) is 0 Å². The molecule has 112 valence electrons. The van der Waals surface area contributed by atoms with E-state index in [-0.39, 0.29) is 0 Å². The van der Waals surface area contributed by atoms with E-state index in [9.17, 15) is 0 Å². The molecule has 0 amide bonds. The van der Waals surface area contributed by atoms with E-state index in [1.54, 1.807) is 0 Å². The van der Waals surface area contributed by atoms with Crippen LogP contribution in [-0.2, 0) is 0 Å². The van der Waals surface area contributed by atoms with Crippen molar-refractivity contribution in [1.82, 2.24) is 10.2 Å². The van der Waals surface area contributed by atoms with E-state index in [2.05, 4.69) is 21.5 Å². The number of likely N-dealkylation sites (N-methyl/N-ethyl adjacent to an activating group) is 1. The molecule has 1 aromatic carbocycles. The van der Waals surface area contributed by atoms with Crippen LogP contribution in [-0.4, -0.2) is 56.7 Å². The summed E-state index contributed by atoms with van der Waals surface area (Å²) in [5.41, 5.74) is 0. The molecule has 0 spiro atoms. The van der Waals surface area contributed by atoms with Gasteiger partial charge in [-0.2, -0.15) is 11.8 Å². The number of guanidine groups is 1. The molecule has 0 aromatic heterocycles. The monoisotopic (exact) mass is 295 g/mol. The zero-order valence-corrected chi connectivity index (χ0v) is 13.4. The average Bonchev–Trinajstić information content (AvgIpc) is 2.48. The molecule has 0 atom stereocenters. The van der Waals surface area contributed by atoms with Crippen molar-refractivity contribution in [2.24, 2.45) is 4.99 Å². The largest absolute Gasteiger partial charge is 0.492 e. The zero-order valence-electron chi connectivity index (χ0n) is 12.6. The van der Waals surface area contributed by atoms with Crippen LogP contribution in [0.25, 0.3) is 0 Å². The Bertz CT molecular complexity index is 384. The number of aliphatic imine (C=N–C) groups is 1. The van der Waals surface area contributed by atoms with Gasteiger partial charge in [-0.1, -0.05) is 18.2 Å². The minimum Gasteiger partial charge on any atom is -0.492 e. The first kappa shape index (κ1) is 16.7. The van der Waals surface area contributed by atoms with Crippen molar-refractivity contribution in [2.75, 3.05) is 45.8 Å². The first-order valence-electron chi connectivity index (χ1n) is 6.86. The smallest absolute Gasteiger partial charge is 0.193 e. The van der Waals surface area contributed by atoms with Gasteiger partial charge in [0.25, 0.3) is 0 Å². The molecule has 0 unspecified atom stereocenters. The molecule has 0 fully saturated rings. The molecule has 20 heavy (non-hydrogen) atoms. The maximum Gasteiger partial charge on any atom is 0.193 e. The number of ether oxygens (including phenoxy) is 1. The van der Waals surface area contributed by atoms with Gasteiger partial charge in [0.15, 0.2) is 5.96 Å². The fourth-order valence-corrected chi connectivity index (χ4v) is 2.16. The van der Waals surface area contributed by atoms with Crippen molar-refractivity contribution in [2.45, 2.75) is 6.42 Å². The van der Waals surface area contributed by atoms with Crippen LogP contribution in [0.2, 0.25) is 0 Å². The summed E-state index contributed by atoms with van der Waals surface area (Å²) in [4.78, 5) is 6.37. The van der Waals surface area contributed by atoms with Gasteiger partial charge in [-0.3, -0.25) is 4.99 Å². The second kappa shape index (κ2) is 10.4. The van der Waals surface area contributed by atoms with Crippen molar-refractivity contribution in [3.8, 4) is 5.75 Å². The number of rotatable bonds is 8. The maximum absolute atomic E-state index is 5.69. The molecule has 0 aliphatic carbocycles. The van der Waals surface area contributed by atoms with E-state index >= 15 is 0 Å². The van der Waals surface area contributed by atoms with Crippen LogP contribution < -0.4 is 10.1 Å². The Labute approximate surface area is 126 Å². The summed E-state index contributed by atoms with van der Waals surface area (Å²) in [7, 11) is 3.84. The van der Waals surface area contributed by atoms with Gasteiger partial charge in [-0.15, -0.1) is 0 Å². The molecule has 0 heterocycles. The SMILES string of the molecule is CN=C(NCCCSC)N(C)CCOc1ccccc1. The van der Waals surface area contributed by atoms with Crippen molar-refractivity contribution in [3.63, 3.8) is 0 Å². The predicted octanol–water partition coefficient (Wildman–Crippen LogP) is 2.33. The van der Waals surface area contributed by atoms with E-state index in [0.717, 1.165) is 31.2 Å². The second-order valence-electron chi connectivity index (χ2n) is 4.40. The summed E-state index contributed by atoms with van der Waals surface area (Å²) in [6.45, 7) is 2.40. The van der Waals surface area contributed by atoms with E-state index in [1.807, 2.05) is 56.2 Å². The zero-order chi connectivity index (χ0) is 14.6. The lowest BCUT2D eigenvalue weighted by atomic mass is 10.3. The molecule has 0 aliphatic rings. The van der Waals surface area contributed by atoms with E-state index < -0.39 is 0 Å². The highest BCUT2D eigenvalue weighted by Gasteiger charge is 2.04. The third kappa shape index (κ3) is 6.70. The topological polar surface area (TPSA) is 36.9 Å². The molecule has 0 saturated heterocycles. The second-order valence-corrected chi connectivity index (χ2v) is 5.39. The maximum atomic E-state index is 5.69. The Morgan fingerprint density at radius 2 is 2.10 bits per heavy atom. The Morgan fingerprint density at radius 3 is 2.75 bits per heavy atom. The standard InChI is InChI=1S/C15H25N3OS/c1-16-15(17-10-7-13-20-3)18(2)11-12-19-14-8-5-4-6-9-14/h4-6,8-9H,7,10-13H2,1-3H3,(H,16,17). The van der Waals surface area contributed by atoms with Gasteiger partial charge in [-0.25, -0.2) is 0 Å². The molecule has 0 bridgehead atoms. The summed E-state index contributed by atoms with van der Waals surface area (Å²) in [5, 5.41) is 3.36. The number of nitrogens with one attached hydrogen (secondary N) is 1. The van der Waals surface area contributed by atoms with E-state index in [1.165, 1.54) is 5.75 Å². The van der Waals surface area contributed by atoms with Gasteiger partial charge in [0.05, 0.1) is 6.54 Å². The highest BCUT2D eigenvalue weighted by atomic mass is 32.2. The average molecular weight is 295 g/mol. The lowest BCUT2D eigenvalue weighted by Crippen LogP contribution is -2.41. The van der Waals surface area contributed by atoms with Gasteiger partial charge in [0.1, 0.15) is 12.4 Å². The number of hydrogen-bond donors (Lipinski definition) is 1. The normalized spacial score (nSPS) is 11.2. The number of benzene rings is 1. The highest BCUT2D eigenvalue weighted by molar-refractivity contribution is 7.98. The third-order valence-electron chi connectivity index (χ3n) is 2.82. The van der Waals surface area contributed by atoms with Crippen LogP contribution in [0.1, 0.15) is 6.42 Å². The first-order valence-corrected chi connectivity index (χ1v) is 8.26. The third-order valence-corrected chi connectivity index (χ3v) is 3.52. The molecule has 1 rings (SSSR count). The lowest BCUT2D eigenvalue weighted by Gasteiger charge is -2.22. The van der Waals surface area contributed by atoms with Crippen LogP contribution >= 0.6 is 11.8 Å². The molecule has 4 nitrogen and oxygen atoms in total. The molecule has 5 heteroatoms. The number of thioether (sulfide) groups is 1. The van der Waals surface area contributed by atoms with Crippen molar-refractivity contribution in [3.05, 3.63) is 30.3 Å². The van der Waals surface area contributed by atoms with Gasteiger partial charge < -0.3 is 15.0 Å². The summed E-state index contributed by atoms with van der Waals surface area (Å²) < 4.78 is 5.69. The molecular formula is C15H25N3OS. The number of hydrogen-bond acceptors (Lipinski definition) is 3. The molecule has 0 aliphatic heterocycles. The Kier molecular flexibility index (Phi) is 8.71. The van der Waals surface area contributed by atoms with Crippen molar-refractivity contribution in [1.29, 1.82) is 0 Å². The molecule has 0 radical (unpaired) electrons. The Morgan fingerprint density at radius 1 is 1.35 bits per heavy atom. The molecule has 0 saturated carbocycles. The quantitative estimate of drug-likeness (QED) is 0.454. The fraction of sp³-hybridized carbons (Fsp3) is 0.533. The summed E-state index contributed by atoms with van der Waals surface area (Å²) in [5.74, 6) is 3.00. The van der Waals surface area contributed by atoms with E-state index in [4.69, 9.17) is 4.74 Å². The summed E-state index contributed by atoms with van der Waals surface area (Å²) in [6, 6.07) is 9.88. The Hall–Kier alpha value is -1.36. The van der Waals surface area contributed by atoms with Gasteiger partial charge in [0, 0.05) is 20.6 Å². The van der Waals surface area contributed by atoms with Gasteiger partial charge in [0.2, 0.25) is 0 Å². The fourth-order valence-electron chi connectivity index (χ4n) is 1.72. The van der Waals surface area contributed by atoms with Gasteiger partial charge >= 0.3 is 0 Å². The van der Waals surface area contributed by atoms with Crippen LogP contribution in [0.5, 0.6) is 5.75 Å². The minimum absolute atomic E-state index is 0.645. The highest BCUT2D eigenvalue weighted by Crippen LogP contribution is 2.07. The molecule has 1 N–H and O–H groups in total. The van der Waals surface area contributed by atoms with Crippen LogP contribution in [0.4, 0.5) is 0 Å². The minimum atomic E-state index is 0.645. The first-order chi connectivity index (χ1) is 9.77. The predicted molar refractivity (Wildman–Crippen MR) is 88.9 cm³/mol. The lowest BCUT2D eigenvalue weighted by molar-refractivity contribution is 0.281. The summed E-state index contributed by atoms with van der Waals surface area (Å²) in [6.07, 6.45) is 3.27. The molecular weight excluding hydrogens is 270 g/mol. The number of para-hydroxylation sites is 1. The van der Waals surface area contributed by atoms with Crippen molar-refractivity contribution >= 4 is 17.7 Å². The van der Waals surface area contributed by atoms with Gasteiger partial charge in [-0.05, 0) is 30.6 Å². The molecule has 1 aromatic rings. The number of nitrogens with zero attached hydrogens (tertiary/aromatic N) is 2. The summed E-state index contributed by atoms with van der Waals surface area (Å²) >= 11 is 1.87. The van der Waals surface area contributed by atoms with Crippen LogP contribution in [0.3, 0.4) is 0 Å².